The lowest BCUT2D eigenvalue weighted by atomic mass is 9.80. The normalized spacial score (nSPS) is 17.1. The maximum absolute atomic E-state index is 12.9. The Bertz CT molecular complexity index is 637. The fraction of sp³-hybridized carbons (Fsp3) is 0.688. The quantitative estimate of drug-likeness (QED) is 0.892. The van der Waals surface area contributed by atoms with Crippen LogP contribution in [0, 0.1) is 13.8 Å². The molecule has 0 unspecified atom stereocenters. The highest BCUT2D eigenvalue weighted by molar-refractivity contribution is 5.88. The van der Waals surface area contributed by atoms with Gasteiger partial charge in [-0.3, -0.25) is 4.79 Å². The third kappa shape index (κ3) is 3.14. The van der Waals surface area contributed by atoms with Crippen molar-refractivity contribution in [1.29, 1.82) is 0 Å². The number of hydrogen-bond acceptors (Lipinski definition) is 3. The maximum atomic E-state index is 12.9. The van der Waals surface area contributed by atoms with Gasteiger partial charge in [-0.25, -0.2) is 9.48 Å². The molecular weight excluding hydrogens is 320 g/mol. The number of aromatic nitrogens is 2. The Kier molecular flexibility index (Phi) is 5.25. The highest BCUT2D eigenvalue weighted by atomic mass is 19.3. The molecule has 134 valence electrons. The third-order valence-electron chi connectivity index (χ3n) is 5.08. The molecule has 1 aromatic heterocycles. The second kappa shape index (κ2) is 6.86. The number of carbonyl (C=O) groups excluding carboxylic acids is 1. The number of alkyl halides is 2. The van der Waals surface area contributed by atoms with Gasteiger partial charge in [0.1, 0.15) is 5.54 Å². The molecular formula is C16H23F2N3O3. The van der Waals surface area contributed by atoms with Crippen molar-refractivity contribution < 1.29 is 23.5 Å². The summed E-state index contributed by atoms with van der Waals surface area (Å²) >= 11 is 0. The summed E-state index contributed by atoms with van der Waals surface area (Å²) < 4.78 is 26.4. The van der Waals surface area contributed by atoms with Gasteiger partial charge >= 0.3 is 12.5 Å². The summed E-state index contributed by atoms with van der Waals surface area (Å²) in [6.07, 6.45) is 3.17. The van der Waals surface area contributed by atoms with E-state index in [1.165, 1.54) is 18.9 Å². The first kappa shape index (κ1) is 18.4. The number of carbonyl (C=O) groups is 2. The summed E-state index contributed by atoms with van der Waals surface area (Å²) in [7, 11) is 1.49. The van der Waals surface area contributed by atoms with Crippen molar-refractivity contribution in [3.63, 3.8) is 0 Å². The van der Waals surface area contributed by atoms with E-state index in [2.05, 4.69) is 5.10 Å². The monoisotopic (exact) mass is 343 g/mol. The zero-order valence-corrected chi connectivity index (χ0v) is 14.2. The van der Waals surface area contributed by atoms with Gasteiger partial charge < -0.3 is 10.0 Å². The fourth-order valence-corrected chi connectivity index (χ4v) is 3.48. The molecule has 0 spiro atoms. The highest BCUT2D eigenvalue weighted by Crippen LogP contribution is 2.34. The lowest BCUT2D eigenvalue weighted by Crippen LogP contribution is -2.56. The topological polar surface area (TPSA) is 75.4 Å². The highest BCUT2D eigenvalue weighted by Gasteiger charge is 2.45. The Hall–Kier alpha value is -1.99. The van der Waals surface area contributed by atoms with Crippen LogP contribution in [0.2, 0.25) is 0 Å². The Morgan fingerprint density at radius 1 is 1.29 bits per heavy atom. The SMILES string of the molecule is Cc1nn(C(F)F)c(C)c1CC(=O)N(C)C1(C(=O)O)CCCCC1. The molecule has 1 saturated carbocycles. The van der Waals surface area contributed by atoms with Crippen molar-refractivity contribution >= 4 is 11.9 Å². The first-order valence-electron chi connectivity index (χ1n) is 8.03. The molecule has 0 atom stereocenters. The molecule has 1 aliphatic rings. The number of hydrogen-bond donors (Lipinski definition) is 1. The van der Waals surface area contributed by atoms with Crippen LogP contribution in [0.15, 0.2) is 0 Å². The van der Waals surface area contributed by atoms with E-state index >= 15 is 0 Å². The van der Waals surface area contributed by atoms with E-state index in [0.29, 0.717) is 28.8 Å². The van der Waals surface area contributed by atoms with Gasteiger partial charge in [-0.2, -0.15) is 13.9 Å². The van der Waals surface area contributed by atoms with Crippen molar-refractivity contribution in [2.75, 3.05) is 7.05 Å². The van der Waals surface area contributed by atoms with E-state index in [1.807, 2.05) is 0 Å². The average Bonchev–Trinajstić information content (AvgIpc) is 2.82. The molecule has 24 heavy (non-hydrogen) atoms. The molecule has 8 heteroatoms. The largest absolute Gasteiger partial charge is 0.479 e. The van der Waals surface area contributed by atoms with E-state index in [4.69, 9.17) is 0 Å². The lowest BCUT2D eigenvalue weighted by molar-refractivity contribution is -0.160. The van der Waals surface area contributed by atoms with Crippen molar-refractivity contribution in [2.45, 2.75) is 64.5 Å². The molecule has 0 aromatic carbocycles. The van der Waals surface area contributed by atoms with Gasteiger partial charge in [0.25, 0.3) is 0 Å². The molecule has 0 radical (unpaired) electrons. The molecule has 1 heterocycles. The first-order chi connectivity index (χ1) is 11.2. The summed E-state index contributed by atoms with van der Waals surface area (Å²) in [6.45, 7) is 0.290. The van der Waals surface area contributed by atoms with Crippen LogP contribution in [0.3, 0.4) is 0 Å². The average molecular weight is 343 g/mol. The van der Waals surface area contributed by atoms with Crippen LogP contribution < -0.4 is 0 Å². The minimum Gasteiger partial charge on any atom is -0.479 e. The maximum Gasteiger partial charge on any atom is 0.333 e. The van der Waals surface area contributed by atoms with Gasteiger partial charge in [0.15, 0.2) is 0 Å². The van der Waals surface area contributed by atoms with Crippen LogP contribution in [0.25, 0.3) is 0 Å². The van der Waals surface area contributed by atoms with E-state index < -0.39 is 18.1 Å². The molecule has 1 N–H and O–H groups in total. The lowest BCUT2D eigenvalue weighted by Gasteiger charge is -2.41. The molecule has 0 saturated heterocycles. The van der Waals surface area contributed by atoms with Gasteiger partial charge in [-0.05, 0) is 26.7 Å². The second-order valence-corrected chi connectivity index (χ2v) is 6.40. The van der Waals surface area contributed by atoms with Gasteiger partial charge in [-0.1, -0.05) is 19.3 Å². The van der Waals surface area contributed by atoms with E-state index in [0.717, 1.165) is 19.3 Å². The number of nitrogens with zero attached hydrogens (tertiary/aromatic N) is 3. The van der Waals surface area contributed by atoms with E-state index in [9.17, 15) is 23.5 Å². The van der Waals surface area contributed by atoms with Crippen molar-refractivity contribution in [3.05, 3.63) is 17.0 Å². The summed E-state index contributed by atoms with van der Waals surface area (Å²) in [6, 6.07) is 0. The second-order valence-electron chi connectivity index (χ2n) is 6.40. The number of aliphatic carboxylic acids is 1. The summed E-state index contributed by atoms with van der Waals surface area (Å²) in [4.78, 5) is 25.7. The van der Waals surface area contributed by atoms with Gasteiger partial charge in [0, 0.05) is 18.3 Å². The zero-order chi connectivity index (χ0) is 18.1. The fourth-order valence-electron chi connectivity index (χ4n) is 3.48. The molecule has 1 amide bonds. The number of likely N-dealkylation sites (N-methyl/N-ethyl adjacent to an activating group) is 1. The molecule has 6 nitrogen and oxygen atoms in total. The van der Waals surface area contributed by atoms with Crippen LogP contribution in [0.4, 0.5) is 8.78 Å². The molecule has 1 fully saturated rings. The summed E-state index contributed by atoms with van der Waals surface area (Å²) in [5, 5.41) is 13.4. The van der Waals surface area contributed by atoms with Crippen LogP contribution in [-0.2, 0) is 16.0 Å². The summed E-state index contributed by atoms with van der Waals surface area (Å²) in [5.74, 6) is -1.39. The Labute approximate surface area is 139 Å². The van der Waals surface area contributed by atoms with E-state index in [-0.39, 0.29) is 18.0 Å². The van der Waals surface area contributed by atoms with Crippen molar-refractivity contribution in [1.82, 2.24) is 14.7 Å². The van der Waals surface area contributed by atoms with Crippen LogP contribution >= 0.6 is 0 Å². The molecule has 0 bridgehead atoms. The molecule has 0 aliphatic heterocycles. The predicted octanol–water partition coefficient (Wildman–Crippen LogP) is 2.68. The number of carboxylic acids is 1. The van der Waals surface area contributed by atoms with E-state index in [1.54, 1.807) is 6.92 Å². The van der Waals surface area contributed by atoms with Gasteiger partial charge in [0.2, 0.25) is 5.91 Å². The van der Waals surface area contributed by atoms with Crippen molar-refractivity contribution in [3.8, 4) is 0 Å². The van der Waals surface area contributed by atoms with Gasteiger partial charge in [0.05, 0.1) is 12.1 Å². The molecule has 1 aliphatic carbocycles. The van der Waals surface area contributed by atoms with Crippen LogP contribution in [0.5, 0.6) is 0 Å². The number of carboxylic acid groups (broad SMARTS) is 1. The molecule has 2 rings (SSSR count). The number of aryl methyl sites for hydroxylation is 1. The zero-order valence-electron chi connectivity index (χ0n) is 14.2. The van der Waals surface area contributed by atoms with Crippen LogP contribution in [-0.4, -0.2) is 44.3 Å². The number of halogens is 2. The summed E-state index contributed by atoms with van der Waals surface area (Å²) in [5.41, 5.74) is -0.168. The Balaban J connectivity index is 2.24. The third-order valence-corrected chi connectivity index (χ3v) is 5.08. The molecule has 1 aromatic rings. The number of amides is 1. The standard InChI is InChI=1S/C16H23F2N3O3/c1-10-12(11(2)21(19-10)15(17)18)9-13(22)20(3)16(14(23)24)7-5-4-6-8-16/h15H,4-9H2,1-3H3,(H,23,24). The van der Waals surface area contributed by atoms with Crippen molar-refractivity contribution in [2.24, 2.45) is 0 Å². The van der Waals surface area contributed by atoms with Gasteiger partial charge in [-0.15, -0.1) is 0 Å². The first-order valence-corrected chi connectivity index (χ1v) is 8.03. The number of rotatable bonds is 5. The Morgan fingerprint density at radius 3 is 2.33 bits per heavy atom. The Morgan fingerprint density at radius 2 is 1.88 bits per heavy atom. The smallest absolute Gasteiger partial charge is 0.333 e. The minimum atomic E-state index is -2.77. The minimum absolute atomic E-state index is 0.129. The predicted molar refractivity (Wildman–Crippen MR) is 82.9 cm³/mol. The van der Waals surface area contributed by atoms with Crippen LogP contribution in [0.1, 0.15) is 55.6 Å².